The minimum atomic E-state index is -3.24. The summed E-state index contributed by atoms with van der Waals surface area (Å²) in [5.74, 6) is 0. The summed E-state index contributed by atoms with van der Waals surface area (Å²) in [6.07, 6.45) is 5.01. The predicted octanol–water partition coefficient (Wildman–Crippen LogP) is 3.08. The van der Waals surface area contributed by atoms with Gasteiger partial charge in [-0.3, -0.25) is 0 Å². The zero-order valence-electron chi connectivity index (χ0n) is 12.4. The Balaban J connectivity index is 2.34. The lowest BCUT2D eigenvalue weighted by molar-refractivity contribution is 0.460. The van der Waals surface area contributed by atoms with Crippen molar-refractivity contribution in [2.45, 2.75) is 62.1 Å². The van der Waals surface area contributed by atoms with Gasteiger partial charge in [-0.2, -0.15) is 0 Å². The summed E-state index contributed by atoms with van der Waals surface area (Å²) in [7, 11) is -3.24. The molecule has 0 heterocycles. The molecule has 1 saturated carbocycles. The summed E-state index contributed by atoms with van der Waals surface area (Å²) in [5, 5.41) is 3.10. The van der Waals surface area contributed by atoms with Crippen LogP contribution in [0.15, 0.2) is 29.2 Å². The van der Waals surface area contributed by atoms with Crippen LogP contribution in [0.1, 0.15) is 44.6 Å². The maximum Gasteiger partial charge on any atom is 0.182 e. The van der Waals surface area contributed by atoms with Gasteiger partial charge in [0.25, 0.3) is 0 Å². The predicted molar refractivity (Wildman–Crippen MR) is 82.7 cm³/mol. The zero-order chi connectivity index (χ0) is 14.6. The van der Waals surface area contributed by atoms with Crippen molar-refractivity contribution in [2.24, 2.45) is 0 Å². The molecule has 0 spiro atoms. The summed E-state index contributed by atoms with van der Waals surface area (Å²) in [6.45, 7) is 4.81. The standard InChI is InChI=1S/C16H25NO2S/c1-3-17-15-10-5-4-6-11-16(15)20(18,19)14-9-7-8-13(2)12-14/h7-9,12,15-17H,3-6,10-11H2,1-2H3. The van der Waals surface area contributed by atoms with Gasteiger partial charge < -0.3 is 5.32 Å². The molecule has 3 nitrogen and oxygen atoms in total. The topological polar surface area (TPSA) is 46.2 Å². The Hall–Kier alpha value is -0.870. The molecule has 0 radical (unpaired) electrons. The fourth-order valence-electron chi connectivity index (χ4n) is 3.11. The monoisotopic (exact) mass is 295 g/mol. The second-order valence-electron chi connectivity index (χ2n) is 5.70. The van der Waals surface area contributed by atoms with Crippen LogP contribution in [-0.2, 0) is 9.84 Å². The highest BCUT2D eigenvalue weighted by Crippen LogP contribution is 2.28. The zero-order valence-corrected chi connectivity index (χ0v) is 13.2. The van der Waals surface area contributed by atoms with Crippen molar-refractivity contribution in [3.05, 3.63) is 29.8 Å². The normalized spacial score (nSPS) is 24.3. The average molecular weight is 295 g/mol. The quantitative estimate of drug-likeness (QED) is 0.868. The van der Waals surface area contributed by atoms with E-state index in [1.54, 1.807) is 12.1 Å². The van der Waals surface area contributed by atoms with E-state index in [0.717, 1.165) is 44.2 Å². The number of aryl methyl sites for hydroxylation is 1. The van der Waals surface area contributed by atoms with Gasteiger partial charge in [-0.25, -0.2) is 8.42 Å². The molecule has 1 fully saturated rings. The number of hydrogen-bond acceptors (Lipinski definition) is 3. The second kappa shape index (κ2) is 6.72. The van der Waals surface area contributed by atoms with Crippen LogP contribution in [0, 0.1) is 6.92 Å². The highest BCUT2D eigenvalue weighted by atomic mass is 32.2. The van der Waals surface area contributed by atoms with Gasteiger partial charge in [-0.15, -0.1) is 0 Å². The Morgan fingerprint density at radius 3 is 2.65 bits per heavy atom. The van der Waals surface area contributed by atoms with Gasteiger partial charge in [-0.05, 0) is 44.0 Å². The van der Waals surface area contributed by atoms with Crippen molar-refractivity contribution < 1.29 is 8.42 Å². The third-order valence-electron chi connectivity index (χ3n) is 4.14. The lowest BCUT2D eigenvalue weighted by Crippen LogP contribution is -2.43. The van der Waals surface area contributed by atoms with Gasteiger partial charge in [0, 0.05) is 6.04 Å². The van der Waals surface area contributed by atoms with E-state index in [1.165, 1.54) is 0 Å². The van der Waals surface area contributed by atoms with Crippen molar-refractivity contribution in [1.82, 2.24) is 5.32 Å². The third-order valence-corrected chi connectivity index (χ3v) is 6.41. The molecule has 1 N–H and O–H groups in total. The van der Waals surface area contributed by atoms with Crippen LogP contribution in [-0.4, -0.2) is 26.3 Å². The molecule has 1 aromatic carbocycles. The summed E-state index contributed by atoms with van der Waals surface area (Å²) in [5.41, 5.74) is 1.000. The van der Waals surface area contributed by atoms with Crippen LogP contribution < -0.4 is 5.32 Å². The Labute approximate surface area is 122 Å². The maximum absolute atomic E-state index is 12.9. The van der Waals surface area contributed by atoms with E-state index < -0.39 is 9.84 Å². The average Bonchev–Trinajstić information content (AvgIpc) is 2.65. The van der Waals surface area contributed by atoms with Crippen LogP contribution in [0.4, 0.5) is 0 Å². The van der Waals surface area contributed by atoms with Crippen LogP contribution in [0.3, 0.4) is 0 Å². The lowest BCUT2D eigenvalue weighted by Gasteiger charge is -2.26. The number of rotatable bonds is 4. The minimum absolute atomic E-state index is 0.0908. The van der Waals surface area contributed by atoms with Crippen LogP contribution in [0.25, 0.3) is 0 Å². The molecule has 0 aliphatic heterocycles. The van der Waals surface area contributed by atoms with E-state index in [0.29, 0.717) is 4.90 Å². The second-order valence-corrected chi connectivity index (χ2v) is 7.87. The molecule has 1 aliphatic rings. The number of hydrogen-bond donors (Lipinski definition) is 1. The summed E-state index contributed by atoms with van der Waals surface area (Å²) < 4.78 is 25.9. The van der Waals surface area contributed by atoms with Gasteiger partial charge in [0.2, 0.25) is 0 Å². The number of sulfone groups is 1. The molecule has 1 aromatic rings. The van der Waals surface area contributed by atoms with E-state index >= 15 is 0 Å². The molecule has 2 unspecified atom stereocenters. The molecule has 0 saturated heterocycles. The SMILES string of the molecule is CCNC1CCCCCC1S(=O)(=O)c1cccc(C)c1. The summed E-state index contributed by atoms with van der Waals surface area (Å²) in [6, 6.07) is 7.39. The first-order valence-electron chi connectivity index (χ1n) is 7.59. The molecular weight excluding hydrogens is 270 g/mol. The van der Waals surface area contributed by atoms with Crippen LogP contribution in [0.5, 0.6) is 0 Å². The van der Waals surface area contributed by atoms with E-state index in [-0.39, 0.29) is 11.3 Å². The summed E-state index contributed by atoms with van der Waals surface area (Å²) in [4.78, 5) is 0.479. The highest BCUT2D eigenvalue weighted by molar-refractivity contribution is 7.92. The smallest absolute Gasteiger partial charge is 0.182 e. The van der Waals surface area contributed by atoms with E-state index in [9.17, 15) is 8.42 Å². The minimum Gasteiger partial charge on any atom is -0.313 e. The molecule has 1 aliphatic carbocycles. The van der Waals surface area contributed by atoms with Crippen molar-refractivity contribution >= 4 is 9.84 Å². The van der Waals surface area contributed by atoms with Crippen molar-refractivity contribution in [2.75, 3.05) is 6.54 Å². The molecule has 112 valence electrons. The van der Waals surface area contributed by atoms with Gasteiger partial charge >= 0.3 is 0 Å². The first kappa shape index (κ1) is 15.5. The summed E-state index contributed by atoms with van der Waals surface area (Å²) >= 11 is 0. The molecule has 0 amide bonds. The Kier molecular flexibility index (Phi) is 5.22. The lowest BCUT2D eigenvalue weighted by atomic mass is 10.1. The molecule has 0 aromatic heterocycles. The first-order chi connectivity index (χ1) is 9.55. The molecule has 20 heavy (non-hydrogen) atoms. The molecule has 0 bridgehead atoms. The Morgan fingerprint density at radius 2 is 1.95 bits per heavy atom. The molecule has 2 atom stereocenters. The largest absolute Gasteiger partial charge is 0.313 e. The Bertz CT molecular complexity index is 539. The van der Waals surface area contributed by atoms with Crippen LogP contribution >= 0.6 is 0 Å². The maximum atomic E-state index is 12.9. The van der Waals surface area contributed by atoms with Gasteiger partial charge in [0.05, 0.1) is 10.1 Å². The van der Waals surface area contributed by atoms with Gasteiger partial charge in [0.1, 0.15) is 0 Å². The van der Waals surface area contributed by atoms with Crippen molar-refractivity contribution in [3.8, 4) is 0 Å². The van der Waals surface area contributed by atoms with E-state index in [2.05, 4.69) is 5.32 Å². The highest BCUT2D eigenvalue weighted by Gasteiger charge is 2.34. The molecule has 4 heteroatoms. The van der Waals surface area contributed by atoms with Crippen molar-refractivity contribution in [1.29, 1.82) is 0 Å². The Morgan fingerprint density at radius 1 is 1.20 bits per heavy atom. The number of nitrogens with one attached hydrogen (secondary N) is 1. The number of benzene rings is 1. The first-order valence-corrected chi connectivity index (χ1v) is 9.14. The molecular formula is C16H25NO2S. The van der Waals surface area contributed by atoms with Crippen LogP contribution in [0.2, 0.25) is 0 Å². The van der Waals surface area contributed by atoms with Gasteiger partial charge in [-0.1, -0.05) is 38.3 Å². The third kappa shape index (κ3) is 3.41. The molecule has 2 rings (SSSR count). The van der Waals surface area contributed by atoms with Crippen molar-refractivity contribution in [3.63, 3.8) is 0 Å². The van der Waals surface area contributed by atoms with Gasteiger partial charge in [0.15, 0.2) is 9.84 Å². The van der Waals surface area contributed by atoms with E-state index in [1.807, 2.05) is 26.0 Å². The fourth-order valence-corrected chi connectivity index (χ4v) is 5.22. The van der Waals surface area contributed by atoms with E-state index in [4.69, 9.17) is 0 Å². The fraction of sp³-hybridized carbons (Fsp3) is 0.625.